The third kappa shape index (κ3) is 3.52. The molecule has 130 valence electrons. The second kappa shape index (κ2) is 7.25. The van der Waals surface area contributed by atoms with Gasteiger partial charge in [0.1, 0.15) is 30.4 Å². The number of aliphatic hydroxyl groups is 1. The van der Waals surface area contributed by atoms with Gasteiger partial charge >= 0.3 is 0 Å². The molecule has 25 heavy (non-hydrogen) atoms. The highest BCUT2D eigenvalue weighted by atomic mass is 16.5. The van der Waals surface area contributed by atoms with Crippen LogP contribution in [0.2, 0.25) is 0 Å². The van der Waals surface area contributed by atoms with Crippen LogP contribution in [0.4, 0.5) is 0 Å². The first-order chi connectivity index (χ1) is 12.3. The van der Waals surface area contributed by atoms with Crippen molar-refractivity contribution in [1.82, 2.24) is 9.55 Å². The van der Waals surface area contributed by atoms with E-state index in [-0.39, 0.29) is 12.7 Å². The molecule has 0 aliphatic carbocycles. The van der Waals surface area contributed by atoms with Crippen molar-refractivity contribution in [2.75, 3.05) is 13.2 Å². The third-order valence-corrected chi connectivity index (χ3v) is 4.48. The predicted octanol–water partition coefficient (Wildman–Crippen LogP) is 3.33. The number of hydrogen-bond acceptors (Lipinski definition) is 4. The van der Waals surface area contributed by atoms with Gasteiger partial charge in [-0.15, -0.1) is 0 Å². The maximum absolute atomic E-state index is 10.5. The van der Waals surface area contributed by atoms with E-state index in [4.69, 9.17) is 14.5 Å². The maximum atomic E-state index is 10.5. The molecule has 2 atom stereocenters. The Morgan fingerprint density at radius 3 is 2.76 bits per heavy atom. The molecule has 4 rings (SSSR count). The van der Waals surface area contributed by atoms with E-state index in [0.717, 1.165) is 42.1 Å². The Labute approximate surface area is 146 Å². The van der Waals surface area contributed by atoms with Crippen LogP contribution in [0.5, 0.6) is 5.75 Å². The lowest BCUT2D eigenvalue weighted by atomic mass is 10.2. The van der Waals surface area contributed by atoms with Gasteiger partial charge in [0, 0.05) is 6.61 Å². The van der Waals surface area contributed by atoms with Crippen molar-refractivity contribution in [3.8, 4) is 5.75 Å². The van der Waals surface area contributed by atoms with Crippen molar-refractivity contribution in [1.29, 1.82) is 0 Å². The van der Waals surface area contributed by atoms with E-state index >= 15 is 0 Å². The van der Waals surface area contributed by atoms with Crippen LogP contribution in [0, 0.1) is 0 Å². The Hall–Kier alpha value is -2.37. The van der Waals surface area contributed by atoms with E-state index in [1.54, 1.807) is 0 Å². The normalized spacial score (nSPS) is 18.5. The fraction of sp³-hybridized carbons (Fsp3) is 0.350. The number of rotatable bonds is 6. The average Bonchev–Trinajstić information content (AvgIpc) is 3.29. The minimum absolute atomic E-state index is 0.00893. The molecule has 0 unspecified atom stereocenters. The Kier molecular flexibility index (Phi) is 4.68. The van der Waals surface area contributed by atoms with Gasteiger partial charge in [0.15, 0.2) is 0 Å². The first-order valence-electron chi connectivity index (χ1n) is 8.74. The molecular weight excluding hydrogens is 316 g/mol. The lowest BCUT2D eigenvalue weighted by Crippen LogP contribution is -2.25. The molecule has 1 aromatic heterocycles. The molecule has 1 fully saturated rings. The van der Waals surface area contributed by atoms with Crippen molar-refractivity contribution in [3.63, 3.8) is 0 Å². The van der Waals surface area contributed by atoms with E-state index in [1.165, 1.54) is 0 Å². The molecule has 2 aromatic carbocycles. The topological polar surface area (TPSA) is 56.5 Å². The molecule has 0 saturated carbocycles. The molecule has 1 aliphatic heterocycles. The zero-order chi connectivity index (χ0) is 17.1. The summed E-state index contributed by atoms with van der Waals surface area (Å²) in [6.45, 7) is 1.44. The molecule has 1 saturated heterocycles. The van der Waals surface area contributed by atoms with Crippen molar-refractivity contribution in [2.45, 2.75) is 31.6 Å². The summed E-state index contributed by atoms with van der Waals surface area (Å²) in [5.41, 5.74) is 1.95. The average molecular weight is 338 g/mol. The zero-order valence-corrected chi connectivity index (χ0v) is 14.0. The van der Waals surface area contributed by atoms with Gasteiger partial charge in [-0.05, 0) is 37.1 Å². The highest BCUT2D eigenvalue weighted by Crippen LogP contribution is 2.30. The first kappa shape index (κ1) is 16.1. The van der Waals surface area contributed by atoms with Crippen molar-refractivity contribution >= 4 is 11.0 Å². The summed E-state index contributed by atoms with van der Waals surface area (Å²) < 4.78 is 13.6. The largest absolute Gasteiger partial charge is 0.491 e. The SMILES string of the molecule is O[C@H](COc1ccccc1)Cn1c([C@H]2CCCO2)nc2ccccc21. The van der Waals surface area contributed by atoms with Gasteiger partial charge in [0.2, 0.25) is 0 Å². The van der Waals surface area contributed by atoms with Gasteiger partial charge in [0.25, 0.3) is 0 Å². The first-order valence-corrected chi connectivity index (χ1v) is 8.74. The number of hydrogen-bond donors (Lipinski definition) is 1. The summed E-state index contributed by atoms with van der Waals surface area (Å²) in [7, 11) is 0. The third-order valence-electron chi connectivity index (χ3n) is 4.48. The Morgan fingerprint density at radius 1 is 1.16 bits per heavy atom. The molecule has 0 radical (unpaired) electrons. The van der Waals surface area contributed by atoms with E-state index in [9.17, 15) is 5.11 Å². The van der Waals surface area contributed by atoms with Crippen molar-refractivity contribution < 1.29 is 14.6 Å². The van der Waals surface area contributed by atoms with E-state index in [2.05, 4.69) is 4.57 Å². The number of aromatic nitrogens is 2. The smallest absolute Gasteiger partial charge is 0.139 e. The molecule has 1 aliphatic rings. The second-order valence-electron chi connectivity index (χ2n) is 6.35. The molecule has 3 aromatic rings. The lowest BCUT2D eigenvalue weighted by molar-refractivity contribution is 0.0806. The van der Waals surface area contributed by atoms with Gasteiger partial charge in [0.05, 0.1) is 17.6 Å². The molecule has 0 bridgehead atoms. The Bertz CT molecular complexity index is 825. The summed E-state index contributed by atoms with van der Waals surface area (Å²) >= 11 is 0. The molecule has 0 amide bonds. The number of fused-ring (bicyclic) bond motifs is 1. The Morgan fingerprint density at radius 2 is 1.96 bits per heavy atom. The van der Waals surface area contributed by atoms with Gasteiger partial charge in [-0.3, -0.25) is 0 Å². The molecule has 1 N–H and O–H groups in total. The lowest BCUT2D eigenvalue weighted by Gasteiger charge is -2.17. The van der Waals surface area contributed by atoms with Gasteiger partial charge in [-0.2, -0.15) is 0 Å². The number of para-hydroxylation sites is 3. The zero-order valence-electron chi connectivity index (χ0n) is 14.0. The summed E-state index contributed by atoms with van der Waals surface area (Å²) in [6, 6.07) is 17.5. The van der Waals surface area contributed by atoms with Gasteiger partial charge in [-0.25, -0.2) is 4.98 Å². The predicted molar refractivity (Wildman–Crippen MR) is 95.6 cm³/mol. The van der Waals surface area contributed by atoms with Crippen molar-refractivity contribution in [3.05, 3.63) is 60.4 Å². The van der Waals surface area contributed by atoms with Crippen LogP contribution >= 0.6 is 0 Å². The highest BCUT2D eigenvalue weighted by Gasteiger charge is 2.25. The van der Waals surface area contributed by atoms with Crippen molar-refractivity contribution in [2.24, 2.45) is 0 Å². The molecule has 5 nitrogen and oxygen atoms in total. The quantitative estimate of drug-likeness (QED) is 0.749. The van der Waals surface area contributed by atoms with Crippen LogP contribution in [0.15, 0.2) is 54.6 Å². The summed E-state index contributed by atoms with van der Waals surface area (Å²) in [5.74, 6) is 1.66. The van der Waals surface area contributed by atoms with Crippen LogP contribution in [0.25, 0.3) is 11.0 Å². The van der Waals surface area contributed by atoms with E-state index in [1.807, 2.05) is 54.6 Å². The maximum Gasteiger partial charge on any atom is 0.139 e. The summed E-state index contributed by atoms with van der Waals surface area (Å²) in [5, 5.41) is 10.5. The molecule has 2 heterocycles. The number of imidazole rings is 1. The van der Waals surface area contributed by atoms with Crippen LogP contribution < -0.4 is 4.74 Å². The van der Waals surface area contributed by atoms with Gasteiger partial charge in [-0.1, -0.05) is 30.3 Å². The number of nitrogens with zero attached hydrogens (tertiary/aromatic N) is 2. The van der Waals surface area contributed by atoms with Crippen LogP contribution in [-0.2, 0) is 11.3 Å². The number of ether oxygens (including phenoxy) is 2. The minimum Gasteiger partial charge on any atom is -0.491 e. The van der Waals surface area contributed by atoms with E-state index < -0.39 is 6.10 Å². The summed E-state index contributed by atoms with van der Waals surface area (Å²) in [6.07, 6.45) is 1.40. The number of aliphatic hydroxyl groups excluding tert-OH is 1. The Balaban J connectivity index is 1.54. The van der Waals surface area contributed by atoms with Crippen LogP contribution in [0.1, 0.15) is 24.8 Å². The molecule has 0 spiro atoms. The van der Waals surface area contributed by atoms with E-state index in [0.29, 0.717) is 6.54 Å². The monoisotopic (exact) mass is 338 g/mol. The van der Waals surface area contributed by atoms with Gasteiger partial charge < -0.3 is 19.1 Å². The van der Waals surface area contributed by atoms with Crippen LogP contribution in [0.3, 0.4) is 0 Å². The number of benzene rings is 2. The molecule has 5 heteroatoms. The second-order valence-corrected chi connectivity index (χ2v) is 6.35. The minimum atomic E-state index is -0.627. The fourth-order valence-electron chi connectivity index (χ4n) is 3.29. The van der Waals surface area contributed by atoms with Crippen LogP contribution in [-0.4, -0.2) is 34.0 Å². The fourth-order valence-corrected chi connectivity index (χ4v) is 3.29. The summed E-state index contributed by atoms with van der Waals surface area (Å²) in [4.78, 5) is 4.75. The standard InChI is InChI=1S/C20H22N2O3/c23-15(14-25-16-7-2-1-3-8-16)13-22-18-10-5-4-9-17(18)21-20(22)19-11-6-12-24-19/h1-5,7-10,15,19,23H,6,11-14H2/t15-,19+/m0/s1. The molecular formula is C20H22N2O3. The highest BCUT2D eigenvalue weighted by molar-refractivity contribution is 5.76.